The minimum atomic E-state index is -0.345. The molecule has 0 spiro atoms. The van der Waals surface area contributed by atoms with Crippen LogP contribution in [0.15, 0.2) is 46.9 Å². The van der Waals surface area contributed by atoms with Crippen molar-refractivity contribution in [1.29, 1.82) is 0 Å². The van der Waals surface area contributed by atoms with Crippen LogP contribution in [0.4, 0.5) is 10.1 Å². The fourth-order valence-corrected chi connectivity index (χ4v) is 2.71. The van der Waals surface area contributed by atoms with Crippen LogP contribution < -0.4 is 10.6 Å². The number of rotatable bonds is 4. The van der Waals surface area contributed by atoms with E-state index in [1.165, 1.54) is 11.6 Å². The van der Waals surface area contributed by atoms with Gasteiger partial charge in [-0.05, 0) is 49.3 Å². The monoisotopic (exact) mass is 380 g/mol. The zero-order valence-electron chi connectivity index (χ0n) is 12.5. The topological polar surface area (TPSA) is 24.1 Å². The standard InChI is InChI=1S/C17H18BrFN2S/c1-3-15(12-6-4-11(2)5-7-12)20-17(22)21-16-9-8-13(18)10-14(16)19/h4-10,15H,3H2,1-2H3,(H2,20,21,22)/t15-/m1/s1. The number of hydrogen-bond donors (Lipinski definition) is 2. The van der Waals surface area contributed by atoms with Crippen molar-refractivity contribution in [3.63, 3.8) is 0 Å². The highest BCUT2D eigenvalue weighted by Crippen LogP contribution is 2.21. The lowest BCUT2D eigenvalue weighted by Gasteiger charge is -2.20. The van der Waals surface area contributed by atoms with Gasteiger partial charge in [-0.15, -0.1) is 0 Å². The Balaban J connectivity index is 2.04. The van der Waals surface area contributed by atoms with Crippen LogP contribution in [0.1, 0.15) is 30.5 Å². The summed E-state index contributed by atoms with van der Waals surface area (Å²) in [5, 5.41) is 6.55. The van der Waals surface area contributed by atoms with Crippen molar-refractivity contribution in [3.8, 4) is 0 Å². The Morgan fingerprint density at radius 3 is 2.50 bits per heavy atom. The van der Waals surface area contributed by atoms with Crippen LogP contribution >= 0.6 is 28.1 Å². The largest absolute Gasteiger partial charge is 0.356 e. The van der Waals surface area contributed by atoms with Gasteiger partial charge in [-0.3, -0.25) is 0 Å². The molecule has 0 aromatic heterocycles. The van der Waals surface area contributed by atoms with E-state index in [0.717, 1.165) is 12.0 Å². The first-order valence-corrected chi connectivity index (χ1v) is 8.29. The maximum atomic E-state index is 13.8. The number of thiocarbonyl (C=S) groups is 1. The van der Waals surface area contributed by atoms with Gasteiger partial charge in [-0.25, -0.2) is 4.39 Å². The van der Waals surface area contributed by atoms with Gasteiger partial charge in [0.1, 0.15) is 5.82 Å². The maximum absolute atomic E-state index is 13.8. The maximum Gasteiger partial charge on any atom is 0.171 e. The summed E-state index contributed by atoms with van der Waals surface area (Å²) in [6.45, 7) is 4.14. The Morgan fingerprint density at radius 1 is 1.23 bits per heavy atom. The van der Waals surface area contributed by atoms with E-state index >= 15 is 0 Å². The van der Waals surface area contributed by atoms with Crippen molar-refractivity contribution < 1.29 is 4.39 Å². The summed E-state index contributed by atoms with van der Waals surface area (Å²) < 4.78 is 14.5. The molecule has 0 saturated carbocycles. The highest BCUT2D eigenvalue weighted by molar-refractivity contribution is 9.10. The molecule has 22 heavy (non-hydrogen) atoms. The van der Waals surface area contributed by atoms with Crippen LogP contribution in [0.2, 0.25) is 0 Å². The molecule has 2 N–H and O–H groups in total. The molecule has 0 aliphatic carbocycles. The molecular weight excluding hydrogens is 363 g/mol. The molecule has 0 aliphatic heterocycles. The van der Waals surface area contributed by atoms with E-state index in [1.807, 2.05) is 0 Å². The summed E-state index contributed by atoms with van der Waals surface area (Å²) >= 11 is 8.53. The first kappa shape index (κ1) is 16.9. The van der Waals surface area contributed by atoms with E-state index in [1.54, 1.807) is 12.1 Å². The van der Waals surface area contributed by atoms with E-state index < -0.39 is 0 Å². The van der Waals surface area contributed by atoms with E-state index in [9.17, 15) is 4.39 Å². The summed E-state index contributed by atoms with van der Waals surface area (Å²) in [6.07, 6.45) is 0.883. The molecule has 116 valence electrons. The third kappa shape index (κ3) is 4.52. The third-order valence-corrected chi connectivity index (χ3v) is 4.09. The van der Waals surface area contributed by atoms with Crippen LogP contribution in [0, 0.1) is 12.7 Å². The van der Waals surface area contributed by atoms with Crippen molar-refractivity contribution in [2.24, 2.45) is 0 Å². The van der Waals surface area contributed by atoms with Gasteiger partial charge in [0.15, 0.2) is 5.11 Å². The normalized spacial score (nSPS) is 11.8. The lowest BCUT2D eigenvalue weighted by molar-refractivity contribution is 0.623. The summed E-state index contributed by atoms with van der Waals surface area (Å²) in [4.78, 5) is 0. The third-order valence-electron chi connectivity index (χ3n) is 3.37. The second-order valence-electron chi connectivity index (χ2n) is 5.09. The predicted octanol–water partition coefficient (Wildman–Crippen LogP) is 5.33. The van der Waals surface area contributed by atoms with Gasteiger partial charge in [-0.2, -0.15) is 0 Å². The molecule has 2 rings (SSSR count). The quantitative estimate of drug-likeness (QED) is 0.700. The number of aryl methyl sites for hydroxylation is 1. The first-order chi connectivity index (χ1) is 10.5. The van der Waals surface area contributed by atoms with Crippen molar-refractivity contribution in [2.45, 2.75) is 26.3 Å². The van der Waals surface area contributed by atoms with Gasteiger partial charge in [0, 0.05) is 4.47 Å². The minimum Gasteiger partial charge on any atom is -0.356 e. The molecule has 0 saturated heterocycles. The SMILES string of the molecule is CC[C@@H](NC(=S)Nc1ccc(Br)cc1F)c1ccc(C)cc1. The molecule has 0 aliphatic rings. The van der Waals surface area contributed by atoms with Gasteiger partial charge in [0.05, 0.1) is 11.7 Å². The lowest BCUT2D eigenvalue weighted by atomic mass is 10.0. The molecule has 2 aromatic rings. The number of hydrogen-bond acceptors (Lipinski definition) is 1. The van der Waals surface area contributed by atoms with E-state index in [4.69, 9.17) is 12.2 Å². The molecule has 5 heteroatoms. The van der Waals surface area contributed by atoms with Gasteiger partial charge < -0.3 is 10.6 Å². The Bertz CT molecular complexity index is 658. The Hall–Kier alpha value is -1.46. The van der Waals surface area contributed by atoms with Crippen LogP contribution in [-0.2, 0) is 0 Å². The van der Waals surface area contributed by atoms with Crippen molar-refractivity contribution in [3.05, 3.63) is 63.9 Å². The van der Waals surface area contributed by atoms with E-state index in [-0.39, 0.29) is 11.9 Å². The lowest BCUT2D eigenvalue weighted by Crippen LogP contribution is -2.32. The van der Waals surface area contributed by atoms with Crippen molar-refractivity contribution >= 4 is 38.9 Å². The van der Waals surface area contributed by atoms with Crippen LogP contribution in [-0.4, -0.2) is 5.11 Å². The van der Waals surface area contributed by atoms with Crippen LogP contribution in [0.25, 0.3) is 0 Å². The molecule has 2 aromatic carbocycles. The fourth-order valence-electron chi connectivity index (χ4n) is 2.13. The molecule has 0 unspecified atom stereocenters. The summed E-state index contributed by atoms with van der Waals surface area (Å²) in [5.74, 6) is -0.345. The number of halogens is 2. The molecule has 0 radical (unpaired) electrons. The summed E-state index contributed by atoms with van der Waals surface area (Å²) in [5.41, 5.74) is 2.74. The first-order valence-electron chi connectivity index (χ1n) is 7.08. The van der Waals surface area contributed by atoms with E-state index in [0.29, 0.717) is 15.3 Å². The average Bonchev–Trinajstić information content (AvgIpc) is 2.49. The van der Waals surface area contributed by atoms with E-state index in [2.05, 4.69) is 64.7 Å². The average molecular weight is 381 g/mol. The molecule has 0 amide bonds. The molecule has 0 bridgehead atoms. The van der Waals surface area contributed by atoms with Gasteiger partial charge >= 0.3 is 0 Å². The van der Waals surface area contributed by atoms with Crippen LogP contribution in [0.3, 0.4) is 0 Å². The highest BCUT2D eigenvalue weighted by Gasteiger charge is 2.11. The minimum absolute atomic E-state index is 0.0964. The van der Waals surface area contributed by atoms with Gasteiger partial charge in [-0.1, -0.05) is 52.7 Å². The van der Waals surface area contributed by atoms with Crippen molar-refractivity contribution in [1.82, 2.24) is 5.32 Å². The van der Waals surface area contributed by atoms with Crippen molar-refractivity contribution in [2.75, 3.05) is 5.32 Å². The second-order valence-corrected chi connectivity index (χ2v) is 6.42. The van der Waals surface area contributed by atoms with Gasteiger partial charge in [0.25, 0.3) is 0 Å². The molecule has 0 fully saturated rings. The molecular formula is C17H18BrFN2S. The second kappa shape index (κ2) is 7.70. The number of benzene rings is 2. The Labute approximate surface area is 144 Å². The highest BCUT2D eigenvalue weighted by atomic mass is 79.9. The molecule has 2 nitrogen and oxygen atoms in total. The zero-order chi connectivity index (χ0) is 16.1. The fraction of sp³-hybridized carbons (Fsp3) is 0.235. The smallest absolute Gasteiger partial charge is 0.171 e. The Morgan fingerprint density at radius 2 is 1.91 bits per heavy atom. The summed E-state index contributed by atoms with van der Waals surface area (Å²) in [6, 6.07) is 13.2. The van der Waals surface area contributed by atoms with Crippen LogP contribution in [0.5, 0.6) is 0 Å². The Kier molecular flexibility index (Phi) is 5.91. The number of anilines is 1. The van der Waals surface area contributed by atoms with Gasteiger partial charge in [0.2, 0.25) is 0 Å². The number of nitrogens with one attached hydrogen (secondary N) is 2. The molecule has 1 atom stereocenters. The molecule has 0 heterocycles. The predicted molar refractivity (Wildman–Crippen MR) is 97.7 cm³/mol. The summed E-state index contributed by atoms with van der Waals surface area (Å²) in [7, 11) is 0. The zero-order valence-corrected chi connectivity index (χ0v) is 14.9.